The van der Waals surface area contributed by atoms with Gasteiger partial charge in [0.05, 0.1) is 31.2 Å². The average molecular weight is 562 g/mol. The van der Waals surface area contributed by atoms with Gasteiger partial charge < -0.3 is 29.7 Å². The molecule has 0 aliphatic carbocycles. The monoisotopic (exact) mass is 561 g/mol. The molecule has 2 aliphatic rings. The molecule has 1 saturated heterocycles. The van der Waals surface area contributed by atoms with E-state index in [1.807, 2.05) is 0 Å². The Balaban J connectivity index is 1.21. The summed E-state index contributed by atoms with van der Waals surface area (Å²) in [4.78, 5) is 40.5. The van der Waals surface area contributed by atoms with Gasteiger partial charge in [0.25, 0.3) is 11.8 Å². The molecular weight excluding hydrogens is 529 g/mol. The molecule has 2 N–H and O–H groups in total. The fourth-order valence-electron chi connectivity index (χ4n) is 5.15. The molecule has 1 fully saturated rings. The van der Waals surface area contributed by atoms with Gasteiger partial charge in [-0.05, 0) is 66.9 Å². The molecule has 9 nitrogen and oxygen atoms in total. The van der Waals surface area contributed by atoms with Gasteiger partial charge in [-0.3, -0.25) is 14.4 Å². The van der Waals surface area contributed by atoms with Gasteiger partial charge in [-0.1, -0.05) is 18.2 Å². The van der Waals surface area contributed by atoms with Crippen molar-refractivity contribution in [1.82, 2.24) is 10.2 Å². The summed E-state index contributed by atoms with van der Waals surface area (Å²) in [6.45, 7) is 0.509. The van der Waals surface area contributed by atoms with E-state index in [4.69, 9.17) is 14.2 Å². The summed E-state index contributed by atoms with van der Waals surface area (Å²) in [5.41, 5.74) is 2.04. The van der Waals surface area contributed by atoms with E-state index < -0.39 is 6.10 Å². The van der Waals surface area contributed by atoms with E-state index in [2.05, 4.69) is 10.6 Å². The van der Waals surface area contributed by atoms with Crippen molar-refractivity contribution in [2.45, 2.75) is 44.1 Å². The number of likely N-dealkylation sites (N-methyl/N-ethyl adjacent to an activating group) is 1. The molecule has 3 atom stereocenters. The van der Waals surface area contributed by atoms with Crippen LogP contribution in [0.1, 0.15) is 45.5 Å². The number of anilines is 1. The third kappa shape index (κ3) is 6.66. The second-order valence-electron chi connectivity index (χ2n) is 10.2. The van der Waals surface area contributed by atoms with E-state index in [1.54, 1.807) is 66.5 Å². The Morgan fingerprint density at radius 1 is 1.07 bits per heavy atom. The number of nitrogens with zero attached hydrogens (tertiary/aromatic N) is 1. The molecule has 3 aromatic rings. The number of amides is 3. The molecule has 0 aromatic heterocycles. The van der Waals surface area contributed by atoms with E-state index >= 15 is 0 Å². The Morgan fingerprint density at radius 2 is 1.88 bits per heavy atom. The van der Waals surface area contributed by atoms with E-state index in [9.17, 15) is 18.8 Å². The molecule has 2 aliphatic heterocycles. The molecule has 0 spiro atoms. The molecule has 214 valence electrons. The van der Waals surface area contributed by atoms with Gasteiger partial charge in [-0.15, -0.1) is 0 Å². The molecule has 2 heterocycles. The van der Waals surface area contributed by atoms with Crippen LogP contribution in [-0.4, -0.2) is 61.6 Å². The molecule has 0 bridgehead atoms. The molecule has 10 heteroatoms. The topological polar surface area (TPSA) is 106 Å². The van der Waals surface area contributed by atoms with Gasteiger partial charge in [-0.2, -0.15) is 0 Å². The number of hydrogen-bond acceptors (Lipinski definition) is 6. The zero-order valence-electron chi connectivity index (χ0n) is 22.9. The smallest absolute Gasteiger partial charge is 0.257 e. The number of halogens is 1. The SMILES string of the molecule is COc1cccc(C(=O)Nc2ccc3c(c2)C(=O)N(C)[C@H]2CC[C@H](CC(=O)NCc4ccc(F)cc4)O[C@H]2CO3)c1. The van der Waals surface area contributed by atoms with Gasteiger partial charge in [0.2, 0.25) is 5.91 Å². The highest BCUT2D eigenvalue weighted by atomic mass is 19.1. The first kappa shape index (κ1) is 28.1. The van der Waals surface area contributed by atoms with E-state index in [1.165, 1.54) is 19.2 Å². The summed E-state index contributed by atoms with van der Waals surface area (Å²) >= 11 is 0. The maximum atomic E-state index is 13.5. The Labute approximate surface area is 237 Å². The van der Waals surface area contributed by atoms with Crippen LogP contribution in [0.3, 0.4) is 0 Å². The Hall–Kier alpha value is -4.44. The lowest BCUT2D eigenvalue weighted by molar-refractivity contribution is -0.134. The largest absolute Gasteiger partial charge is 0.497 e. The quantitative estimate of drug-likeness (QED) is 0.449. The number of nitrogens with one attached hydrogen (secondary N) is 2. The molecule has 3 amide bonds. The third-order valence-electron chi connectivity index (χ3n) is 7.42. The zero-order valence-corrected chi connectivity index (χ0v) is 22.9. The minimum absolute atomic E-state index is 0.164. The predicted molar refractivity (Wildman–Crippen MR) is 150 cm³/mol. The summed E-state index contributed by atoms with van der Waals surface area (Å²) in [6.07, 6.45) is 0.701. The van der Waals surface area contributed by atoms with Crippen molar-refractivity contribution >= 4 is 23.4 Å². The standard InChI is InChI=1S/C31H32FN3O6/c1-35-26-12-11-24(16-29(36)33-17-19-6-8-21(32)9-7-19)41-28(26)18-40-27-13-10-22(15-25(27)31(35)38)34-30(37)20-4-3-5-23(14-20)39-2/h3-10,13-15,24,26,28H,11-12,16-18H2,1-2H3,(H,33,36)(H,34,37)/t24-,26+,28+/m1/s1. The van der Waals surface area contributed by atoms with Crippen molar-refractivity contribution in [3.05, 3.63) is 89.2 Å². The molecular formula is C31H32FN3O6. The average Bonchev–Trinajstić information content (AvgIpc) is 2.99. The molecule has 0 saturated carbocycles. The van der Waals surface area contributed by atoms with Crippen molar-refractivity contribution in [1.29, 1.82) is 0 Å². The van der Waals surface area contributed by atoms with Gasteiger partial charge in [0.15, 0.2) is 0 Å². The number of fused-ring (bicyclic) bond motifs is 2. The first-order valence-electron chi connectivity index (χ1n) is 13.5. The van der Waals surface area contributed by atoms with E-state index in [0.29, 0.717) is 47.7 Å². The van der Waals surface area contributed by atoms with Crippen LogP contribution in [0.15, 0.2) is 66.7 Å². The van der Waals surface area contributed by atoms with Crippen LogP contribution in [-0.2, 0) is 16.1 Å². The summed E-state index contributed by atoms with van der Waals surface area (Å²) in [5, 5.41) is 5.68. The van der Waals surface area contributed by atoms with Crippen LogP contribution >= 0.6 is 0 Å². The minimum Gasteiger partial charge on any atom is -0.497 e. The van der Waals surface area contributed by atoms with Crippen LogP contribution in [0.25, 0.3) is 0 Å². The Bertz CT molecular complexity index is 1430. The van der Waals surface area contributed by atoms with Crippen LogP contribution < -0.4 is 20.1 Å². The van der Waals surface area contributed by atoms with E-state index in [-0.39, 0.29) is 48.7 Å². The summed E-state index contributed by atoms with van der Waals surface area (Å²) < 4.78 is 30.6. The summed E-state index contributed by atoms with van der Waals surface area (Å²) in [5.74, 6) is -0.103. The summed E-state index contributed by atoms with van der Waals surface area (Å²) in [7, 11) is 3.26. The number of benzene rings is 3. The molecule has 41 heavy (non-hydrogen) atoms. The molecule has 0 radical (unpaired) electrons. The molecule has 3 aromatic carbocycles. The van der Waals surface area contributed by atoms with E-state index in [0.717, 1.165) is 5.56 Å². The third-order valence-corrected chi connectivity index (χ3v) is 7.42. The van der Waals surface area contributed by atoms with Gasteiger partial charge >= 0.3 is 0 Å². The number of carbonyl (C=O) groups is 3. The second-order valence-corrected chi connectivity index (χ2v) is 10.2. The lowest BCUT2D eigenvalue weighted by Crippen LogP contribution is -2.53. The number of rotatable bonds is 7. The van der Waals surface area contributed by atoms with Gasteiger partial charge in [0, 0.05) is 24.8 Å². The number of carbonyl (C=O) groups excluding carboxylic acids is 3. The minimum atomic E-state index is -0.409. The van der Waals surface area contributed by atoms with Gasteiger partial charge in [-0.25, -0.2) is 4.39 Å². The second kappa shape index (κ2) is 12.4. The van der Waals surface area contributed by atoms with Crippen LogP contribution in [0.4, 0.5) is 10.1 Å². The van der Waals surface area contributed by atoms with Gasteiger partial charge in [0.1, 0.15) is 30.0 Å². The predicted octanol–water partition coefficient (Wildman–Crippen LogP) is 4.17. The number of methoxy groups -OCH3 is 1. The zero-order chi connectivity index (χ0) is 28.9. The van der Waals surface area contributed by atoms with Crippen molar-refractivity contribution in [3.8, 4) is 11.5 Å². The van der Waals surface area contributed by atoms with Crippen LogP contribution in [0.2, 0.25) is 0 Å². The first-order chi connectivity index (χ1) is 19.8. The van der Waals surface area contributed by atoms with Crippen LogP contribution in [0, 0.1) is 5.82 Å². The highest BCUT2D eigenvalue weighted by Gasteiger charge is 2.39. The highest BCUT2D eigenvalue weighted by molar-refractivity contribution is 6.05. The molecule has 5 rings (SSSR count). The van der Waals surface area contributed by atoms with Crippen molar-refractivity contribution < 1.29 is 33.0 Å². The fraction of sp³-hybridized carbons (Fsp3) is 0.323. The normalized spacial score (nSPS) is 20.0. The Morgan fingerprint density at radius 3 is 2.66 bits per heavy atom. The number of hydrogen-bond donors (Lipinski definition) is 2. The maximum Gasteiger partial charge on any atom is 0.257 e. The highest BCUT2D eigenvalue weighted by Crippen LogP contribution is 2.32. The fourth-order valence-corrected chi connectivity index (χ4v) is 5.15. The van der Waals surface area contributed by atoms with Crippen LogP contribution in [0.5, 0.6) is 11.5 Å². The van der Waals surface area contributed by atoms with Crippen molar-refractivity contribution in [2.24, 2.45) is 0 Å². The number of ether oxygens (including phenoxy) is 3. The Kier molecular flexibility index (Phi) is 8.49. The lowest BCUT2D eigenvalue weighted by Gasteiger charge is -2.42. The maximum absolute atomic E-state index is 13.5. The summed E-state index contributed by atoms with van der Waals surface area (Å²) in [6, 6.07) is 17.5. The molecule has 0 unspecified atom stereocenters. The first-order valence-corrected chi connectivity index (χ1v) is 13.5. The lowest BCUT2D eigenvalue weighted by atomic mass is 9.94. The van der Waals surface area contributed by atoms with Crippen molar-refractivity contribution in [2.75, 3.05) is 26.1 Å². The van der Waals surface area contributed by atoms with Crippen molar-refractivity contribution in [3.63, 3.8) is 0 Å².